The maximum absolute atomic E-state index is 14.5. The number of fused-ring (bicyclic) bond motifs is 1. The van der Waals surface area contributed by atoms with Gasteiger partial charge in [-0.2, -0.15) is 13.2 Å². The van der Waals surface area contributed by atoms with Gasteiger partial charge >= 0.3 is 6.18 Å². The first-order valence-corrected chi connectivity index (χ1v) is 17.4. The summed E-state index contributed by atoms with van der Waals surface area (Å²) in [5.41, 5.74) is 0.731. The molecule has 0 unspecified atom stereocenters. The number of hydrogen-bond donors (Lipinski definition) is 0. The number of unbranched alkanes of at least 4 members (excludes halogenated alkanes) is 2. The van der Waals surface area contributed by atoms with Crippen molar-refractivity contribution in [3.8, 4) is 0 Å². The van der Waals surface area contributed by atoms with E-state index in [0.29, 0.717) is 28.9 Å². The zero-order chi connectivity index (χ0) is 34.3. The van der Waals surface area contributed by atoms with Gasteiger partial charge in [0.2, 0.25) is 5.91 Å². The number of benzene rings is 3. The number of piperidine rings is 1. The Hall–Kier alpha value is -3.70. The van der Waals surface area contributed by atoms with Gasteiger partial charge < -0.3 is 14.4 Å². The predicted octanol–water partition coefficient (Wildman–Crippen LogP) is 8.32. The molecule has 0 radical (unpaired) electrons. The third-order valence-electron chi connectivity index (χ3n) is 9.09. The van der Waals surface area contributed by atoms with Crippen LogP contribution in [0.2, 0.25) is 0 Å². The van der Waals surface area contributed by atoms with Crippen molar-refractivity contribution in [2.45, 2.75) is 75.0 Å². The number of aryl methyl sites for hydroxylation is 1. The molecule has 0 bridgehead atoms. The topological polar surface area (TPSA) is 45.5 Å². The zero-order valence-electron chi connectivity index (χ0n) is 26.9. The van der Waals surface area contributed by atoms with Gasteiger partial charge in [0.05, 0.1) is 16.1 Å². The Bertz CT molecular complexity index is 1750. The van der Waals surface area contributed by atoms with Crippen molar-refractivity contribution >= 4 is 28.6 Å². The first kappa shape index (κ1) is 35.6. The molecule has 1 aliphatic heterocycles. The number of carbonyl (C=O) groups excluding carboxylic acids is 1. The molecule has 48 heavy (non-hydrogen) atoms. The summed E-state index contributed by atoms with van der Waals surface area (Å²) in [4.78, 5) is 31.6. The van der Waals surface area contributed by atoms with Crippen molar-refractivity contribution in [3.63, 3.8) is 0 Å². The van der Waals surface area contributed by atoms with Crippen LogP contribution in [-0.2, 0) is 29.7 Å². The molecule has 4 aromatic rings. The second-order valence-corrected chi connectivity index (χ2v) is 13.2. The fraction of sp³-hybridized carbons (Fsp3) is 0.405. The van der Waals surface area contributed by atoms with E-state index in [9.17, 15) is 31.5 Å². The first-order valence-electron chi connectivity index (χ1n) is 16.4. The average Bonchev–Trinajstić information content (AvgIpc) is 3.08. The van der Waals surface area contributed by atoms with Crippen molar-refractivity contribution in [3.05, 3.63) is 111 Å². The van der Waals surface area contributed by atoms with Gasteiger partial charge in [0.1, 0.15) is 6.54 Å². The highest BCUT2D eigenvalue weighted by Gasteiger charge is 2.30. The molecule has 5 nitrogen and oxygen atoms in total. The highest BCUT2D eigenvalue weighted by atomic mass is 32.2. The second-order valence-electron chi connectivity index (χ2n) is 12.2. The Morgan fingerprint density at radius 2 is 1.67 bits per heavy atom. The number of pyridine rings is 1. The smallest absolute Gasteiger partial charge is 0.338 e. The molecule has 2 heterocycles. The number of hydrogen-bond acceptors (Lipinski definition) is 4. The summed E-state index contributed by atoms with van der Waals surface area (Å²) in [7, 11) is 0. The fourth-order valence-electron chi connectivity index (χ4n) is 6.33. The van der Waals surface area contributed by atoms with Crippen LogP contribution in [-0.4, -0.2) is 52.5 Å². The number of aromatic nitrogens is 1. The highest BCUT2D eigenvalue weighted by Crippen LogP contribution is 2.30. The quantitative estimate of drug-likeness (QED) is 0.0807. The van der Waals surface area contributed by atoms with E-state index in [1.165, 1.54) is 42.1 Å². The summed E-state index contributed by atoms with van der Waals surface area (Å²) in [5, 5.41) is 0.964. The fourth-order valence-corrected chi connectivity index (χ4v) is 7.37. The molecule has 1 aromatic heterocycles. The van der Waals surface area contributed by atoms with Crippen LogP contribution in [0.3, 0.4) is 0 Å². The molecule has 0 spiro atoms. The van der Waals surface area contributed by atoms with Gasteiger partial charge in [-0.05, 0) is 74.5 Å². The van der Waals surface area contributed by atoms with Crippen LogP contribution in [0.15, 0.2) is 82.6 Å². The number of carbonyl (C=O) groups is 1. The highest BCUT2D eigenvalue weighted by molar-refractivity contribution is 7.98. The van der Waals surface area contributed by atoms with Gasteiger partial charge in [-0.1, -0.05) is 49.7 Å². The van der Waals surface area contributed by atoms with Gasteiger partial charge in [0.25, 0.3) is 0 Å². The van der Waals surface area contributed by atoms with Gasteiger partial charge in [0, 0.05) is 48.4 Å². The van der Waals surface area contributed by atoms with E-state index >= 15 is 0 Å². The summed E-state index contributed by atoms with van der Waals surface area (Å²) < 4.78 is 68.9. The van der Waals surface area contributed by atoms with E-state index in [4.69, 9.17) is 0 Å². The number of amides is 1. The molecule has 0 N–H and O–H groups in total. The maximum atomic E-state index is 14.5. The number of halogens is 5. The van der Waals surface area contributed by atoms with Crippen LogP contribution in [0.5, 0.6) is 0 Å². The molecule has 3 aromatic carbocycles. The van der Waals surface area contributed by atoms with Crippen LogP contribution in [0.4, 0.5) is 22.0 Å². The van der Waals surface area contributed by atoms with Gasteiger partial charge in [0.15, 0.2) is 17.1 Å². The molecular weight excluding hydrogens is 645 g/mol. The Labute approximate surface area is 281 Å². The van der Waals surface area contributed by atoms with Crippen molar-refractivity contribution in [1.82, 2.24) is 14.4 Å². The molecule has 5 rings (SSSR count). The van der Waals surface area contributed by atoms with Crippen LogP contribution in [0, 0.1) is 11.6 Å². The van der Waals surface area contributed by atoms with Crippen molar-refractivity contribution in [2.24, 2.45) is 0 Å². The number of nitrogens with zero attached hydrogens (tertiary/aromatic N) is 3. The Kier molecular flexibility index (Phi) is 12.0. The van der Waals surface area contributed by atoms with E-state index in [-0.39, 0.29) is 35.2 Å². The molecular formula is C37H40F5N3O2S. The Morgan fingerprint density at radius 1 is 0.938 bits per heavy atom. The van der Waals surface area contributed by atoms with Gasteiger partial charge in [-0.15, -0.1) is 11.8 Å². The van der Waals surface area contributed by atoms with Crippen molar-refractivity contribution in [1.29, 1.82) is 0 Å². The lowest BCUT2D eigenvalue weighted by Crippen LogP contribution is -2.48. The van der Waals surface area contributed by atoms with E-state index in [0.717, 1.165) is 75.5 Å². The third-order valence-corrected chi connectivity index (χ3v) is 10.2. The van der Waals surface area contributed by atoms with E-state index in [1.807, 2.05) is 4.90 Å². The minimum atomic E-state index is -4.36. The van der Waals surface area contributed by atoms with Gasteiger partial charge in [-0.3, -0.25) is 9.59 Å². The molecule has 11 heteroatoms. The third kappa shape index (κ3) is 8.85. The summed E-state index contributed by atoms with van der Waals surface area (Å²) >= 11 is 1.19. The lowest BCUT2D eigenvalue weighted by atomic mass is 10.0. The Morgan fingerprint density at radius 3 is 2.38 bits per heavy atom. The van der Waals surface area contributed by atoms with Crippen LogP contribution >= 0.6 is 11.8 Å². The Balaban J connectivity index is 1.32. The van der Waals surface area contributed by atoms with Gasteiger partial charge in [-0.25, -0.2) is 8.78 Å². The van der Waals surface area contributed by atoms with E-state index in [2.05, 4.69) is 11.8 Å². The lowest BCUT2D eigenvalue weighted by Gasteiger charge is -2.38. The molecule has 1 saturated heterocycles. The van der Waals surface area contributed by atoms with E-state index < -0.39 is 23.4 Å². The maximum Gasteiger partial charge on any atom is 0.416 e. The summed E-state index contributed by atoms with van der Waals surface area (Å²) in [6.45, 7) is 5.36. The monoisotopic (exact) mass is 685 g/mol. The van der Waals surface area contributed by atoms with Crippen LogP contribution in [0.25, 0.3) is 10.9 Å². The molecule has 1 fully saturated rings. The van der Waals surface area contributed by atoms with Crippen molar-refractivity contribution in [2.75, 3.05) is 26.2 Å². The predicted molar refractivity (Wildman–Crippen MR) is 180 cm³/mol. The number of thioether (sulfide) groups is 1. The summed E-state index contributed by atoms with van der Waals surface area (Å²) in [5.74, 6) is -1.88. The summed E-state index contributed by atoms with van der Waals surface area (Å²) in [6, 6.07) is 17.9. The molecule has 0 atom stereocenters. The van der Waals surface area contributed by atoms with Crippen LogP contribution < -0.4 is 5.43 Å². The number of likely N-dealkylation sites (tertiary alicyclic amines) is 1. The van der Waals surface area contributed by atoms with Crippen molar-refractivity contribution < 1.29 is 26.7 Å². The van der Waals surface area contributed by atoms with Crippen LogP contribution in [0.1, 0.15) is 55.7 Å². The first-order chi connectivity index (χ1) is 23.0. The largest absolute Gasteiger partial charge is 0.416 e. The minimum Gasteiger partial charge on any atom is -0.338 e. The molecule has 1 aliphatic rings. The van der Waals surface area contributed by atoms with E-state index in [1.54, 1.807) is 28.8 Å². The minimum absolute atomic E-state index is 0.0195. The second kappa shape index (κ2) is 16.1. The summed E-state index contributed by atoms with van der Waals surface area (Å²) in [6.07, 6.45) is 0.307. The zero-order valence-corrected chi connectivity index (χ0v) is 27.8. The molecule has 0 aliphatic carbocycles. The average molecular weight is 686 g/mol. The standard InChI is InChI=1S/C37H40F5N3O2S/c1-2-43-21-18-29(19-22-43)44(20-7-3-4-9-26-14-16-28(17-15-26)37(40,41)42)34(47)24-45-32-13-6-5-11-30(32)33(46)23-35(45)48-25-27-10-8-12-31(38)36(27)39/h5-6,8,10-17,23,29H,2-4,7,9,18-22,24-25H2,1H3. The number of rotatable bonds is 13. The SMILES string of the molecule is CCN1CCC(N(CCCCCc2ccc(C(F)(F)F)cc2)C(=O)Cn2c(SCc3cccc(F)c3F)cc(=O)c3ccccc32)CC1. The molecule has 1 amide bonds. The number of para-hydroxylation sites is 1. The lowest BCUT2D eigenvalue weighted by molar-refractivity contribution is -0.137. The number of alkyl halides is 3. The molecule has 0 saturated carbocycles. The molecule has 256 valence electrons. The normalized spacial score (nSPS) is 14.5.